The predicted octanol–water partition coefficient (Wildman–Crippen LogP) is 3.35. The number of carbonyl (C=O) groups is 1. The highest BCUT2D eigenvalue weighted by molar-refractivity contribution is 9.10. The minimum Gasteiger partial charge on any atom is -0.475 e. The average Bonchev–Trinajstić information content (AvgIpc) is 2.75. The zero-order chi connectivity index (χ0) is 12.3. The van der Waals surface area contributed by atoms with Crippen LogP contribution in [0.1, 0.15) is 16.3 Å². The molecule has 1 heterocycles. The summed E-state index contributed by atoms with van der Waals surface area (Å²) in [5.74, 6) is -0.517. The van der Waals surface area contributed by atoms with Gasteiger partial charge in [0.05, 0.1) is 6.54 Å². The lowest BCUT2D eigenvalue weighted by molar-refractivity contribution is 0.0660. The largest absolute Gasteiger partial charge is 0.475 e. The number of rotatable bonds is 4. The smallest absolute Gasteiger partial charge is 0.371 e. The van der Waals surface area contributed by atoms with Crippen molar-refractivity contribution in [2.75, 3.05) is 5.32 Å². The Morgan fingerprint density at radius 1 is 1.35 bits per heavy atom. The predicted molar refractivity (Wildman–Crippen MR) is 67.1 cm³/mol. The topological polar surface area (TPSA) is 62.5 Å². The fraction of sp³-hybridized carbons (Fsp3) is 0.0833. The maximum atomic E-state index is 10.6. The Kier molecular flexibility index (Phi) is 3.49. The zero-order valence-electron chi connectivity index (χ0n) is 8.81. The second-order valence-electron chi connectivity index (χ2n) is 3.44. The first-order valence-corrected chi connectivity index (χ1v) is 5.76. The van der Waals surface area contributed by atoms with Crippen molar-refractivity contribution in [3.63, 3.8) is 0 Å². The van der Waals surface area contributed by atoms with Gasteiger partial charge in [0, 0.05) is 10.2 Å². The molecule has 0 aliphatic carbocycles. The number of nitrogens with one attached hydrogen (secondary N) is 1. The van der Waals surface area contributed by atoms with Crippen LogP contribution in [0.5, 0.6) is 0 Å². The second-order valence-corrected chi connectivity index (χ2v) is 4.35. The van der Waals surface area contributed by atoms with E-state index in [1.165, 1.54) is 6.07 Å². The van der Waals surface area contributed by atoms with Gasteiger partial charge in [-0.15, -0.1) is 0 Å². The number of hydrogen-bond donors (Lipinski definition) is 2. The number of carboxylic acids is 1. The Morgan fingerprint density at radius 3 is 2.82 bits per heavy atom. The third-order valence-corrected chi connectivity index (χ3v) is 2.66. The number of carboxylic acid groups (broad SMARTS) is 1. The maximum Gasteiger partial charge on any atom is 0.371 e. The monoisotopic (exact) mass is 295 g/mol. The maximum absolute atomic E-state index is 10.6. The minimum absolute atomic E-state index is 0.0453. The van der Waals surface area contributed by atoms with E-state index < -0.39 is 5.97 Å². The van der Waals surface area contributed by atoms with Crippen molar-refractivity contribution in [1.82, 2.24) is 0 Å². The third-order valence-electron chi connectivity index (χ3n) is 2.16. The Labute approximate surface area is 106 Å². The summed E-state index contributed by atoms with van der Waals surface area (Å²) in [6.45, 7) is 0.448. The van der Waals surface area contributed by atoms with Gasteiger partial charge in [-0.2, -0.15) is 0 Å². The van der Waals surface area contributed by atoms with Gasteiger partial charge >= 0.3 is 5.97 Å². The van der Waals surface area contributed by atoms with Gasteiger partial charge in [-0.05, 0) is 30.3 Å². The van der Waals surface area contributed by atoms with Gasteiger partial charge in [-0.25, -0.2) is 4.79 Å². The highest BCUT2D eigenvalue weighted by Crippen LogP contribution is 2.17. The number of anilines is 1. The SMILES string of the molecule is O=C(O)c1ccc(CNc2cccc(Br)c2)o1. The summed E-state index contributed by atoms with van der Waals surface area (Å²) in [6, 6.07) is 10.8. The molecule has 88 valence electrons. The second kappa shape index (κ2) is 5.05. The van der Waals surface area contributed by atoms with Crippen LogP contribution in [-0.4, -0.2) is 11.1 Å². The molecule has 2 rings (SSSR count). The average molecular weight is 296 g/mol. The fourth-order valence-corrected chi connectivity index (χ4v) is 1.77. The third kappa shape index (κ3) is 3.10. The molecule has 0 aliphatic heterocycles. The molecule has 0 atom stereocenters. The molecule has 0 aliphatic rings. The lowest BCUT2D eigenvalue weighted by atomic mass is 10.3. The summed E-state index contributed by atoms with van der Waals surface area (Å²) in [6.07, 6.45) is 0. The Balaban J connectivity index is 2.00. The van der Waals surface area contributed by atoms with Crippen LogP contribution in [0.15, 0.2) is 45.3 Å². The van der Waals surface area contributed by atoms with E-state index in [9.17, 15) is 4.79 Å². The van der Waals surface area contributed by atoms with E-state index in [1.807, 2.05) is 24.3 Å². The van der Waals surface area contributed by atoms with Crippen LogP contribution in [0.2, 0.25) is 0 Å². The van der Waals surface area contributed by atoms with Crippen LogP contribution in [0.4, 0.5) is 5.69 Å². The van der Waals surface area contributed by atoms with Crippen molar-refractivity contribution in [2.45, 2.75) is 6.54 Å². The molecule has 1 aromatic heterocycles. The highest BCUT2D eigenvalue weighted by Gasteiger charge is 2.08. The fourth-order valence-electron chi connectivity index (χ4n) is 1.38. The highest BCUT2D eigenvalue weighted by atomic mass is 79.9. The summed E-state index contributed by atoms with van der Waals surface area (Å²) in [5, 5.41) is 11.8. The molecule has 17 heavy (non-hydrogen) atoms. The molecule has 0 saturated heterocycles. The number of halogens is 1. The lowest BCUT2D eigenvalue weighted by Gasteiger charge is -2.04. The summed E-state index contributed by atoms with van der Waals surface area (Å²) in [5.41, 5.74) is 0.938. The number of benzene rings is 1. The number of aromatic carboxylic acids is 1. The molecule has 0 spiro atoms. The quantitative estimate of drug-likeness (QED) is 0.908. The first kappa shape index (κ1) is 11.7. The summed E-state index contributed by atoms with van der Waals surface area (Å²) in [4.78, 5) is 10.6. The molecule has 4 nitrogen and oxygen atoms in total. The van der Waals surface area contributed by atoms with Crippen molar-refractivity contribution in [3.8, 4) is 0 Å². The molecular formula is C12H10BrNO3. The normalized spacial score (nSPS) is 10.2. The Hall–Kier alpha value is -1.75. The zero-order valence-corrected chi connectivity index (χ0v) is 10.4. The van der Waals surface area contributed by atoms with E-state index in [4.69, 9.17) is 9.52 Å². The van der Waals surface area contributed by atoms with E-state index in [1.54, 1.807) is 6.07 Å². The number of furan rings is 1. The molecule has 0 fully saturated rings. The van der Waals surface area contributed by atoms with Gasteiger partial charge in [-0.1, -0.05) is 22.0 Å². The molecule has 0 saturated carbocycles. The van der Waals surface area contributed by atoms with Crippen molar-refractivity contribution in [1.29, 1.82) is 0 Å². The molecule has 0 unspecified atom stereocenters. The van der Waals surface area contributed by atoms with E-state index >= 15 is 0 Å². The summed E-state index contributed by atoms with van der Waals surface area (Å²) >= 11 is 3.37. The molecular weight excluding hydrogens is 286 g/mol. The van der Waals surface area contributed by atoms with Gasteiger partial charge in [0.1, 0.15) is 5.76 Å². The lowest BCUT2D eigenvalue weighted by Crippen LogP contribution is -1.98. The van der Waals surface area contributed by atoms with E-state index in [0.717, 1.165) is 10.2 Å². The van der Waals surface area contributed by atoms with E-state index in [-0.39, 0.29) is 5.76 Å². The first-order valence-electron chi connectivity index (χ1n) is 4.96. The summed E-state index contributed by atoms with van der Waals surface area (Å²) in [7, 11) is 0. The van der Waals surface area contributed by atoms with Gasteiger partial charge < -0.3 is 14.8 Å². The molecule has 0 bridgehead atoms. The number of hydrogen-bond acceptors (Lipinski definition) is 3. The standard InChI is InChI=1S/C12H10BrNO3/c13-8-2-1-3-9(6-8)14-7-10-4-5-11(17-10)12(15)16/h1-6,14H,7H2,(H,15,16). The first-order chi connectivity index (χ1) is 8.15. The molecule has 2 aromatic rings. The van der Waals surface area contributed by atoms with Crippen molar-refractivity contribution in [3.05, 3.63) is 52.4 Å². The van der Waals surface area contributed by atoms with Crippen LogP contribution in [0.3, 0.4) is 0 Å². The van der Waals surface area contributed by atoms with Crippen LogP contribution in [0, 0.1) is 0 Å². The van der Waals surface area contributed by atoms with Crippen molar-refractivity contribution >= 4 is 27.6 Å². The Bertz CT molecular complexity index is 536. The van der Waals surface area contributed by atoms with Crippen LogP contribution in [0.25, 0.3) is 0 Å². The van der Waals surface area contributed by atoms with Crippen LogP contribution >= 0.6 is 15.9 Å². The molecule has 0 radical (unpaired) electrons. The van der Waals surface area contributed by atoms with Gasteiger partial charge in [0.2, 0.25) is 5.76 Å². The summed E-state index contributed by atoms with van der Waals surface area (Å²) < 4.78 is 6.10. The molecule has 2 N–H and O–H groups in total. The molecule has 0 amide bonds. The molecule has 1 aromatic carbocycles. The molecule has 5 heteroatoms. The Morgan fingerprint density at radius 2 is 2.18 bits per heavy atom. The van der Waals surface area contributed by atoms with Gasteiger partial charge in [0.15, 0.2) is 0 Å². The van der Waals surface area contributed by atoms with E-state index in [2.05, 4.69) is 21.2 Å². The minimum atomic E-state index is -1.06. The van der Waals surface area contributed by atoms with Crippen molar-refractivity contribution in [2.24, 2.45) is 0 Å². The van der Waals surface area contributed by atoms with E-state index in [0.29, 0.717) is 12.3 Å². The van der Waals surface area contributed by atoms with Crippen LogP contribution < -0.4 is 5.32 Å². The van der Waals surface area contributed by atoms with Crippen molar-refractivity contribution < 1.29 is 14.3 Å². The van der Waals surface area contributed by atoms with Gasteiger partial charge in [-0.3, -0.25) is 0 Å². The van der Waals surface area contributed by atoms with Crippen LogP contribution in [-0.2, 0) is 6.54 Å². The van der Waals surface area contributed by atoms with Gasteiger partial charge in [0.25, 0.3) is 0 Å².